The van der Waals surface area contributed by atoms with Gasteiger partial charge in [-0.15, -0.1) is 0 Å². The number of benzene rings is 2. The minimum atomic E-state index is -1.13. The Kier molecular flexibility index (Phi) is 3.98. The van der Waals surface area contributed by atoms with Crippen LogP contribution in [0.4, 0.5) is 0 Å². The van der Waals surface area contributed by atoms with Crippen molar-refractivity contribution >= 4 is 29.2 Å². The summed E-state index contributed by atoms with van der Waals surface area (Å²) in [5.41, 5.74) is 0.752. The average molecular weight is 297 g/mol. The van der Waals surface area contributed by atoms with Gasteiger partial charge < -0.3 is 9.84 Å². The van der Waals surface area contributed by atoms with E-state index in [9.17, 15) is 4.79 Å². The first-order chi connectivity index (χ1) is 8.99. The van der Waals surface area contributed by atoms with Crippen molar-refractivity contribution in [2.24, 2.45) is 0 Å². The van der Waals surface area contributed by atoms with E-state index < -0.39 is 5.97 Å². The highest BCUT2D eigenvalue weighted by molar-refractivity contribution is 6.33. The molecule has 0 aliphatic heterocycles. The molecule has 0 amide bonds. The van der Waals surface area contributed by atoms with E-state index in [1.165, 1.54) is 6.07 Å². The molecule has 0 unspecified atom stereocenters. The van der Waals surface area contributed by atoms with Gasteiger partial charge in [0.2, 0.25) is 0 Å². The first kappa shape index (κ1) is 13.7. The fourth-order valence-corrected chi connectivity index (χ4v) is 2.12. The molecule has 2 aromatic carbocycles. The summed E-state index contributed by atoms with van der Waals surface area (Å²) in [6.07, 6.45) is 0. The number of halogens is 2. The van der Waals surface area contributed by atoms with E-state index in [0.29, 0.717) is 10.8 Å². The molecule has 0 heterocycles. The van der Waals surface area contributed by atoms with Gasteiger partial charge in [0.1, 0.15) is 17.1 Å². The molecule has 5 heteroatoms. The Morgan fingerprint density at radius 3 is 2.53 bits per heavy atom. The largest absolute Gasteiger partial charge is 0.478 e. The first-order valence-electron chi connectivity index (χ1n) is 5.45. The van der Waals surface area contributed by atoms with Gasteiger partial charge in [0.15, 0.2) is 0 Å². The van der Waals surface area contributed by atoms with Gasteiger partial charge in [-0.3, -0.25) is 0 Å². The van der Waals surface area contributed by atoms with Crippen LogP contribution in [0.15, 0.2) is 36.4 Å². The molecule has 2 rings (SSSR count). The van der Waals surface area contributed by atoms with Crippen LogP contribution in [-0.2, 0) is 0 Å². The number of ether oxygens (including phenoxy) is 1. The molecule has 0 saturated heterocycles. The summed E-state index contributed by atoms with van der Waals surface area (Å²) in [6, 6.07) is 9.80. The topological polar surface area (TPSA) is 46.5 Å². The summed E-state index contributed by atoms with van der Waals surface area (Å²) in [7, 11) is 0. The maximum atomic E-state index is 11.2. The van der Waals surface area contributed by atoms with Crippen molar-refractivity contribution in [2.45, 2.75) is 6.92 Å². The standard InChI is InChI=1S/C14H10Cl2O3/c1-8-7-9(15)5-6-11(8)19-12-4-2-3-10(16)13(12)14(17)18/h2-7H,1H3,(H,17,18). The molecule has 0 atom stereocenters. The summed E-state index contributed by atoms with van der Waals surface area (Å²) in [5.74, 6) is -0.396. The molecule has 0 saturated carbocycles. The van der Waals surface area contributed by atoms with Crippen LogP contribution in [0, 0.1) is 6.92 Å². The van der Waals surface area contributed by atoms with Crippen LogP contribution in [0.25, 0.3) is 0 Å². The van der Waals surface area contributed by atoms with Crippen molar-refractivity contribution in [1.82, 2.24) is 0 Å². The van der Waals surface area contributed by atoms with E-state index in [0.717, 1.165) is 5.56 Å². The summed E-state index contributed by atoms with van der Waals surface area (Å²) in [6.45, 7) is 1.83. The van der Waals surface area contributed by atoms with Crippen molar-refractivity contribution in [3.63, 3.8) is 0 Å². The molecule has 2 aromatic rings. The minimum absolute atomic E-state index is 0.0569. The molecule has 19 heavy (non-hydrogen) atoms. The predicted molar refractivity (Wildman–Crippen MR) is 74.7 cm³/mol. The number of carbonyl (C=O) groups is 1. The fourth-order valence-electron chi connectivity index (χ4n) is 1.64. The van der Waals surface area contributed by atoms with Crippen LogP contribution in [0.5, 0.6) is 11.5 Å². The third kappa shape index (κ3) is 3.00. The van der Waals surface area contributed by atoms with Crippen LogP contribution in [-0.4, -0.2) is 11.1 Å². The van der Waals surface area contributed by atoms with Crippen LogP contribution in [0.3, 0.4) is 0 Å². The van der Waals surface area contributed by atoms with Crippen molar-refractivity contribution in [1.29, 1.82) is 0 Å². The van der Waals surface area contributed by atoms with Crippen molar-refractivity contribution in [3.8, 4) is 11.5 Å². The van der Waals surface area contributed by atoms with E-state index in [2.05, 4.69) is 0 Å². The number of carboxylic acids is 1. The molecule has 0 fully saturated rings. The Hall–Kier alpha value is -1.71. The van der Waals surface area contributed by atoms with Crippen LogP contribution < -0.4 is 4.74 Å². The number of aryl methyl sites for hydroxylation is 1. The third-order valence-electron chi connectivity index (χ3n) is 2.55. The monoisotopic (exact) mass is 296 g/mol. The molecule has 0 radical (unpaired) electrons. The summed E-state index contributed by atoms with van der Waals surface area (Å²) < 4.78 is 5.61. The Morgan fingerprint density at radius 2 is 1.89 bits per heavy atom. The Bertz CT molecular complexity index is 639. The number of carboxylic acid groups (broad SMARTS) is 1. The van der Waals surface area contributed by atoms with E-state index >= 15 is 0 Å². The second-order valence-electron chi connectivity index (χ2n) is 3.93. The van der Waals surface area contributed by atoms with Crippen LogP contribution in [0.1, 0.15) is 15.9 Å². The van der Waals surface area contributed by atoms with E-state index in [-0.39, 0.29) is 16.3 Å². The number of hydrogen-bond donors (Lipinski definition) is 1. The van der Waals surface area contributed by atoms with Gasteiger partial charge in [-0.2, -0.15) is 0 Å². The number of hydrogen-bond acceptors (Lipinski definition) is 2. The van der Waals surface area contributed by atoms with E-state index in [1.54, 1.807) is 30.3 Å². The van der Waals surface area contributed by atoms with Gasteiger partial charge in [-0.05, 0) is 42.8 Å². The summed E-state index contributed by atoms with van der Waals surface area (Å²) in [5, 5.41) is 9.88. The van der Waals surface area contributed by atoms with Gasteiger partial charge in [0, 0.05) is 5.02 Å². The minimum Gasteiger partial charge on any atom is -0.478 e. The smallest absolute Gasteiger partial charge is 0.341 e. The van der Waals surface area contributed by atoms with E-state index in [1.807, 2.05) is 6.92 Å². The molecular weight excluding hydrogens is 287 g/mol. The van der Waals surface area contributed by atoms with Gasteiger partial charge in [-0.1, -0.05) is 29.3 Å². The maximum absolute atomic E-state index is 11.2. The highest BCUT2D eigenvalue weighted by Crippen LogP contribution is 2.32. The lowest BCUT2D eigenvalue weighted by Crippen LogP contribution is -2.01. The molecule has 1 N–H and O–H groups in total. The fraction of sp³-hybridized carbons (Fsp3) is 0.0714. The quantitative estimate of drug-likeness (QED) is 0.885. The zero-order chi connectivity index (χ0) is 14.0. The average Bonchev–Trinajstić information content (AvgIpc) is 2.32. The van der Waals surface area contributed by atoms with E-state index in [4.69, 9.17) is 33.0 Å². The van der Waals surface area contributed by atoms with Crippen molar-refractivity contribution in [2.75, 3.05) is 0 Å². The Labute approximate surface area is 120 Å². The van der Waals surface area contributed by atoms with Crippen molar-refractivity contribution in [3.05, 3.63) is 57.6 Å². The molecule has 3 nitrogen and oxygen atoms in total. The zero-order valence-corrected chi connectivity index (χ0v) is 11.5. The lowest BCUT2D eigenvalue weighted by molar-refractivity contribution is 0.0694. The zero-order valence-electron chi connectivity index (χ0n) is 9.98. The molecule has 0 aliphatic rings. The highest BCUT2D eigenvalue weighted by atomic mass is 35.5. The van der Waals surface area contributed by atoms with Gasteiger partial charge in [-0.25, -0.2) is 4.79 Å². The van der Waals surface area contributed by atoms with Crippen LogP contribution in [0.2, 0.25) is 10.0 Å². The molecule has 0 aromatic heterocycles. The summed E-state index contributed by atoms with van der Waals surface area (Å²) in [4.78, 5) is 11.2. The third-order valence-corrected chi connectivity index (χ3v) is 3.10. The molecular formula is C14H10Cl2O3. The first-order valence-corrected chi connectivity index (χ1v) is 6.20. The lowest BCUT2D eigenvalue weighted by atomic mass is 10.2. The Balaban J connectivity index is 2.44. The SMILES string of the molecule is Cc1cc(Cl)ccc1Oc1cccc(Cl)c1C(=O)O. The molecule has 0 bridgehead atoms. The van der Waals surface area contributed by atoms with Gasteiger partial charge in [0.05, 0.1) is 5.02 Å². The Morgan fingerprint density at radius 1 is 1.16 bits per heavy atom. The second-order valence-corrected chi connectivity index (χ2v) is 4.77. The molecule has 98 valence electrons. The molecule has 0 spiro atoms. The van der Waals surface area contributed by atoms with Crippen molar-refractivity contribution < 1.29 is 14.6 Å². The number of rotatable bonds is 3. The normalized spacial score (nSPS) is 10.3. The molecule has 0 aliphatic carbocycles. The van der Waals surface area contributed by atoms with Crippen LogP contribution >= 0.6 is 23.2 Å². The van der Waals surface area contributed by atoms with Gasteiger partial charge >= 0.3 is 5.97 Å². The maximum Gasteiger partial charge on any atom is 0.341 e. The highest BCUT2D eigenvalue weighted by Gasteiger charge is 2.16. The second kappa shape index (κ2) is 5.51. The number of aromatic carboxylic acids is 1. The lowest BCUT2D eigenvalue weighted by Gasteiger charge is -2.12. The summed E-state index contributed by atoms with van der Waals surface area (Å²) >= 11 is 11.7. The van der Waals surface area contributed by atoms with Gasteiger partial charge in [0.25, 0.3) is 0 Å². The predicted octanol–water partition coefficient (Wildman–Crippen LogP) is 4.79.